The van der Waals surface area contributed by atoms with Gasteiger partial charge in [0, 0.05) is 42.8 Å². The highest BCUT2D eigenvalue weighted by atomic mass is 32.2. The van der Waals surface area contributed by atoms with E-state index in [1.54, 1.807) is 38.3 Å². The SMILES string of the molecule is CCS(=O)(=O)Nc1ccc(C(=O)N[C@H]2[C@@H](COC)[C@H]3OCC[C@@H]23)cc1. The van der Waals surface area contributed by atoms with Gasteiger partial charge in [0.1, 0.15) is 0 Å². The summed E-state index contributed by atoms with van der Waals surface area (Å²) in [5.41, 5.74) is 0.946. The zero-order valence-electron chi connectivity index (χ0n) is 14.4. The average molecular weight is 368 g/mol. The Labute approximate surface area is 148 Å². The van der Waals surface area contributed by atoms with Gasteiger partial charge in [-0.15, -0.1) is 0 Å². The molecule has 0 radical (unpaired) electrons. The maximum Gasteiger partial charge on any atom is 0.251 e. The third kappa shape index (κ3) is 3.80. The summed E-state index contributed by atoms with van der Waals surface area (Å²) in [4.78, 5) is 12.5. The summed E-state index contributed by atoms with van der Waals surface area (Å²) in [7, 11) is -1.67. The van der Waals surface area contributed by atoms with Crippen LogP contribution in [0.1, 0.15) is 23.7 Å². The summed E-state index contributed by atoms with van der Waals surface area (Å²) in [5.74, 6) is 0.362. The van der Waals surface area contributed by atoms with E-state index >= 15 is 0 Å². The Hall–Kier alpha value is -1.64. The molecule has 1 aliphatic heterocycles. The maximum absolute atomic E-state index is 12.5. The molecule has 1 aliphatic carbocycles. The molecule has 8 heteroatoms. The molecule has 138 valence electrons. The number of fused-ring (bicyclic) bond motifs is 1. The molecule has 2 aliphatic rings. The Morgan fingerprint density at radius 3 is 2.68 bits per heavy atom. The fraction of sp³-hybridized carbons (Fsp3) is 0.588. The number of rotatable bonds is 7. The van der Waals surface area contributed by atoms with Crippen molar-refractivity contribution in [1.82, 2.24) is 5.32 Å². The molecule has 3 rings (SSSR count). The highest BCUT2D eigenvalue weighted by Crippen LogP contribution is 2.43. The molecular weight excluding hydrogens is 344 g/mol. The predicted molar refractivity (Wildman–Crippen MR) is 94.0 cm³/mol. The number of methoxy groups -OCH3 is 1. The number of benzene rings is 1. The third-order valence-corrected chi connectivity index (χ3v) is 6.29. The fourth-order valence-corrected chi connectivity index (χ4v) is 4.25. The van der Waals surface area contributed by atoms with Crippen LogP contribution in [0.25, 0.3) is 0 Å². The number of hydrogen-bond donors (Lipinski definition) is 2. The minimum absolute atomic E-state index is 0.00241. The largest absolute Gasteiger partial charge is 0.384 e. The van der Waals surface area contributed by atoms with E-state index in [2.05, 4.69) is 10.0 Å². The molecule has 0 aromatic heterocycles. The lowest BCUT2D eigenvalue weighted by Crippen LogP contribution is -2.62. The zero-order chi connectivity index (χ0) is 18.0. The number of hydrogen-bond acceptors (Lipinski definition) is 5. The van der Waals surface area contributed by atoms with Gasteiger partial charge in [-0.25, -0.2) is 8.42 Å². The molecule has 4 atom stereocenters. The molecule has 0 spiro atoms. The Morgan fingerprint density at radius 2 is 2.04 bits per heavy atom. The van der Waals surface area contributed by atoms with Crippen LogP contribution < -0.4 is 10.0 Å². The van der Waals surface area contributed by atoms with Crippen LogP contribution in [0.3, 0.4) is 0 Å². The molecule has 2 fully saturated rings. The average Bonchev–Trinajstić information content (AvgIpc) is 3.02. The summed E-state index contributed by atoms with van der Waals surface area (Å²) in [6, 6.07) is 6.48. The van der Waals surface area contributed by atoms with Crippen molar-refractivity contribution in [3.63, 3.8) is 0 Å². The highest BCUT2D eigenvalue weighted by Gasteiger charge is 2.54. The van der Waals surface area contributed by atoms with Crippen LogP contribution in [0.4, 0.5) is 5.69 Å². The van der Waals surface area contributed by atoms with E-state index in [1.807, 2.05) is 0 Å². The lowest BCUT2D eigenvalue weighted by Gasteiger charge is -2.47. The van der Waals surface area contributed by atoms with Crippen molar-refractivity contribution in [2.45, 2.75) is 25.5 Å². The first-order chi connectivity index (χ1) is 11.9. The van der Waals surface area contributed by atoms with Gasteiger partial charge < -0.3 is 14.8 Å². The van der Waals surface area contributed by atoms with Crippen LogP contribution in [-0.4, -0.2) is 52.5 Å². The van der Waals surface area contributed by atoms with Crippen molar-refractivity contribution in [3.8, 4) is 0 Å². The van der Waals surface area contributed by atoms with Crippen LogP contribution in [0.2, 0.25) is 0 Å². The van der Waals surface area contributed by atoms with Crippen LogP contribution in [-0.2, 0) is 19.5 Å². The molecule has 0 unspecified atom stereocenters. The van der Waals surface area contributed by atoms with E-state index in [-0.39, 0.29) is 29.7 Å². The van der Waals surface area contributed by atoms with E-state index < -0.39 is 10.0 Å². The standard InChI is InChI=1S/C17H24N2O5S/c1-3-25(21,22)19-12-6-4-11(5-7-12)17(20)18-15-13-8-9-24-16(13)14(15)10-23-2/h4-7,13-16,19H,3,8-10H2,1-2H3,(H,18,20)/t13-,14+,15+,16-/m0/s1. The van der Waals surface area contributed by atoms with Gasteiger partial charge in [-0.1, -0.05) is 0 Å². The van der Waals surface area contributed by atoms with Crippen molar-refractivity contribution in [3.05, 3.63) is 29.8 Å². The topological polar surface area (TPSA) is 93.7 Å². The van der Waals surface area contributed by atoms with Crippen molar-refractivity contribution in [2.24, 2.45) is 11.8 Å². The maximum atomic E-state index is 12.5. The minimum Gasteiger partial charge on any atom is -0.384 e. The van der Waals surface area contributed by atoms with Crippen molar-refractivity contribution in [2.75, 3.05) is 30.8 Å². The van der Waals surface area contributed by atoms with E-state index in [4.69, 9.17) is 9.47 Å². The van der Waals surface area contributed by atoms with Gasteiger partial charge in [-0.2, -0.15) is 0 Å². The minimum atomic E-state index is -3.32. The summed E-state index contributed by atoms with van der Waals surface area (Å²) < 4.78 is 36.6. The van der Waals surface area contributed by atoms with Crippen molar-refractivity contribution >= 4 is 21.6 Å². The third-order valence-electron chi connectivity index (χ3n) is 4.99. The molecule has 1 saturated carbocycles. The Kier molecular flexibility index (Phi) is 5.31. The summed E-state index contributed by atoms with van der Waals surface area (Å²) in [6.07, 6.45) is 1.13. The number of carbonyl (C=O) groups excluding carboxylic acids is 1. The Bertz CT molecular complexity index is 719. The van der Waals surface area contributed by atoms with Gasteiger partial charge in [-0.3, -0.25) is 9.52 Å². The first-order valence-electron chi connectivity index (χ1n) is 8.47. The van der Waals surface area contributed by atoms with Gasteiger partial charge >= 0.3 is 0 Å². The first-order valence-corrected chi connectivity index (χ1v) is 10.1. The molecule has 2 N–H and O–H groups in total. The second-order valence-corrected chi connectivity index (χ2v) is 8.50. The zero-order valence-corrected chi connectivity index (χ0v) is 15.2. The number of anilines is 1. The second kappa shape index (κ2) is 7.31. The van der Waals surface area contributed by atoms with Crippen LogP contribution in [0, 0.1) is 11.8 Å². The lowest BCUT2D eigenvalue weighted by atomic mass is 9.67. The molecular formula is C17H24N2O5S. The van der Waals surface area contributed by atoms with E-state index in [9.17, 15) is 13.2 Å². The van der Waals surface area contributed by atoms with Crippen LogP contribution in [0.15, 0.2) is 24.3 Å². The normalized spacial score (nSPS) is 28.1. The molecule has 1 aromatic rings. The van der Waals surface area contributed by atoms with Crippen molar-refractivity contribution < 1.29 is 22.7 Å². The Morgan fingerprint density at radius 1 is 1.32 bits per heavy atom. The van der Waals surface area contributed by atoms with Crippen molar-refractivity contribution in [1.29, 1.82) is 0 Å². The molecule has 1 amide bonds. The first kappa shape index (κ1) is 18.2. The summed E-state index contributed by atoms with van der Waals surface area (Å²) in [6.45, 7) is 2.86. The molecule has 1 heterocycles. The number of carbonyl (C=O) groups is 1. The molecule has 0 bridgehead atoms. The molecule has 25 heavy (non-hydrogen) atoms. The smallest absolute Gasteiger partial charge is 0.251 e. The second-order valence-electron chi connectivity index (χ2n) is 6.49. The molecule has 1 aromatic carbocycles. The van der Waals surface area contributed by atoms with E-state index in [1.165, 1.54) is 0 Å². The van der Waals surface area contributed by atoms with Gasteiger partial charge in [0.15, 0.2) is 0 Å². The van der Waals surface area contributed by atoms with Gasteiger partial charge in [-0.05, 0) is 37.6 Å². The number of ether oxygens (including phenoxy) is 2. The fourth-order valence-electron chi connectivity index (χ4n) is 3.61. The summed E-state index contributed by atoms with van der Waals surface area (Å²) >= 11 is 0. The lowest BCUT2D eigenvalue weighted by molar-refractivity contribution is -0.0809. The highest BCUT2D eigenvalue weighted by molar-refractivity contribution is 7.92. The van der Waals surface area contributed by atoms with Crippen LogP contribution in [0.5, 0.6) is 0 Å². The van der Waals surface area contributed by atoms with Gasteiger partial charge in [0.05, 0.1) is 18.5 Å². The van der Waals surface area contributed by atoms with E-state index in [0.29, 0.717) is 23.8 Å². The number of amides is 1. The number of sulfonamides is 1. The predicted octanol–water partition coefficient (Wildman–Crippen LogP) is 1.23. The van der Waals surface area contributed by atoms with Crippen LogP contribution >= 0.6 is 0 Å². The molecule has 7 nitrogen and oxygen atoms in total. The van der Waals surface area contributed by atoms with Gasteiger partial charge in [0.2, 0.25) is 10.0 Å². The summed E-state index contributed by atoms with van der Waals surface area (Å²) in [5, 5.41) is 3.08. The molecule has 1 saturated heterocycles. The number of nitrogens with one attached hydrogen (secondary N) is 2. The van der Waals surface area contributed by atoms with Gasteiger partial charge in [0.25, 0.3) is 5.91 Å². The Balaban J connectivity index is 1.63. The monoisotopic (exact) mass is 368 g/mol. The quantitative estimate of drug-likeness (QED) is 0.755. The van der Waals surface area contributed by atoms with E-state index in [0.717, 1.165) is 13.0 Å².